The van der Waals surface area contributed by atoms with E-state index >= 15 is 0 Å². The molecule has 1 aromatic carbocycles. The molecule has 0 aliphatic rings. The molecule has 0 fully saturated rings. The topological polar surface area (TPSA) is 30.7 Å². The second kappa shape index (κ2) is 3.39. The number of rotatable bonds is 2. The lowest BCUT2D eigenvalue weighted by Crippen LogP contribution is -2.01. The van der Waals surface area contributed by atoms with Crippen LogP contribution in [-0.4, -0.2) is 15.0 Å². The van der Waals surface area contributed by atoms with Crippen molar-refractivity contribution in [1.29, 1.82) is 0 Å². The van der Waals surface area contributed by atoms with Crippen LogP contribution in [0.1, 0.15) is 11.1 Å². The lowest BCUT2D eigenvalue weighted by Gasteiger charge is -2.03. The van der Waals surface area contributed by atoms with Crippen LogP contribution in [0, 0.1) is 6.92 Å². The van der Waals surface area contributed by atoms with Crippen LogP contribution >= 0.6 is 0 Å². The molecule has 0 saturated heterocycles. The number of aryl methyl sites for hydroxylation is 1. The molecule has 0 unspecified atom stereocenters. The number of hydrogen-bond acceptors (Lipinski definition) is 2. The van der Waals surface area contributed by atoms with Gasteiger partial charge in [0.05, 0.1) is 12.7 Å². The highest BCUT2D eigenvalue weighted by atomic mass is 15.4. The van der Waals surface area contributed by atoms with E-state index in [2.05, 4.69) is 29.4 Å². The van der Waals surface area contributed by atoms with Crippen molar-refractivity contribution in [3.8, 4) is 0 Å². The molecule has 1 aromatic heterocycles. The minimum absolute atomic E-state index is 0.798. The Morgan fingerprint density at radius 1 is 1.31 bits per heavy atom. The summed E-state index contributed by atoms with van der Waals surface area (Å²) in [5.41, 5.74) is 2.58. The third-order valence-corrected chi connectivity index (χ3v) is 2.07. The van der Waals surface area contributed by atoms with Gasteiger partial charge < -0.3 is 0 Å². The normalized spacial score (nSPS) is 10.2. The summed E-state index contributed by atoms with van der Waals surface area (Å²) in [7, 11) is 0. The van der Waals surface area contributed by atoms with Crippen molar-refractivity contribution >= 4 is 0 Å². The lowest BCUT2D eigenvalue weighted by molar-refractivity contribution is 0.647. The highest BCUT2D eigenvalue weighted by molar-refractivity contribution is 5.25. The molecular formula is C10H11N3. The monoisotopic (exact) mass is 173 g/mol. The van der Waals surface area contributed by atoms with E-state index in [1.54, 1.807) is 6.20 Å². The molecule has 0 saturated carbocycles. The summed E-state index contributed by atoms with van der Waals surface area (Å²) >= 11 is 0. The van der Waals surface area contributed by atoms with Gasteiger partial charge in [-0.3, -0.25) is 0 Å². The van der Waals surface area contributed by atoms with E-state index in [0.29, 0.717) is 0 Å². The maximum Gasteiger partial charge on any atom is 0.0693 e. The fraction of sp³-hybridized carbons (Fsp3) is 0.200. The summed E-state index contributed by atoms with van der Waals surface area (Å²) in [5.74, 6) is 0. The Morgan fingerprint density at radius 2 is 2.15 bits per heavy atom. The van der Waals surface area contributed by atoms with Crippen molar-refractivity contribution in [2.45, 2.75) is 13.5 Å². The van der Waals surface area contributed by atoms with Gasteiger partial charge in [-0.2, -0.15) is 0 Å². The molecule has 2 aromatic rings. The molecular weight excluding hydrogens is 162 g/mol. The average Bonchev–Trinajstić information content (AvgIpc) is 2.61. The first-order valence-corrected chi connectivity index (χ1v) is 4.25. The molecule has 1 heterocycles. The molecule has 0 N–H and O–H groups in total. The van der Waals surface area contributed by atoms with Crippen molar-refractivity contribution in [3.63, 3.8) is 0 Å². The van der Waals surface area contributed by atoms with Gasteiger partial charge in [-0.15, -0.1) is 5.10 Å². The first-order chi connectivity index (χ1) is 6.36. The highest BCUT2D eigenvalue weighted by Gasteiger charge is 1.97. The summed E-state index contributed by atoms with van der Waals surface area (Å²) < 4.78 is 1.82. The molecule has 13 heavy (non-hydrogen) atoms. The number of nitrogens with zero attached hydrogens (tertiary/aromatic N) is 3. The van der Waals surface area contributed by atoms with Gasteiger partial charge in [0.2, 0.25) is 0 Å². The van der Waals surface area contributed by atoms with Crippen LogP contribution in [0.2, 0.25) is 0 Å². The van der Waals surface area contributed by atoms with Crippen molar-refractivity contribution in [3.05, 3.63) is 47.8 Å². The van der Waals surface area contributed by atoms with Crippen LogP contribution in [0.4, 0.5) is 0 Å². The largest absolute Gasteiger partial charge is 0.248 e. The maximum absolute atomic E-state index is 3.92. The van der Waals surface area contributed by atoms with Crippen LogP contribution in [0.5, 0.6) is 0 Å². The Morgan fingerprint density at radius 3 is 2.85 bits per heavy atom. The fourth-order valence-electron chi connectivity index (χ4n) is 1.28. The zero-order valence-corrected chi connectivity index (χ0v) is 7.51. The van der Waals surface area contributed by atoms with E-state index in [4.69, 9.17) is 0 Å². The standard InChI is InChI=1S/C10H11N3/c1-9-4-2-3-5-10(9)8-13-7-6-11-12-13/h2-7H,8H2,1H3. The Hall–Kier alpha value is -1.64. The van der Waals surface area contributed by atoms with Gasteiger partial charge in [-0.25, -0.2) is 4.68 Å². The van der Waals surface area contributed by atoms with Crippen LogP contribution in [0.25, 0.3) is 0 Å². The summed E-state index contributed by atoms with van der Waals surface area (Å²) in [5, 5.41) is 7.68. The molecule has 0 bridgehead atoms. The van der Waals surface area contributed by atoms with Gasteiger partial charge in [0, 0.05) is 6.20 Å². The average molecular weight is 173 g/mol. The predicted octanol–water partition coefficient (Wildman–Crippen LogP) is 1.63. The van der Waals surface area contributed by atoms with Gasteiger partial charge in [0.25, 0.3) is 0 Å². The third kappa shape index (κ3) is 1.75. The maximum atomic E-state index is 3.92. The molecule has 0 spiro atoms. The highest BCUT2D eigenvalue weighted by Crippen LogP contribution is 2.07. The third-order valence-electron chi connectivity index (χ3n) is 2.07. The lowest BCUT2D eigenvalue weighted by atomic mass is 10.1. The molecule has 66 valence electrons. The first-order valence-electron chi connectivity index (χ1n) is 4.25. The van der Waals surface area contributed by atoms with Crippen LogP contribution in [0.3, 0.4) is 0 Å². The van der Waals surface area contributed by atoms with Gasteiger partial charge in [0.1, 0.15) is 0 Å². The van der Waals surface area contributed by atoms with E-state index in [-0.39, 0.29) is 0 Å². The second-order valence-corrected chi connectivity index (χ2v) is 3.03. The van der Waals surface area contributed by atoms with Gasteiger partial charge in [0.15, 0.2) is 0 Å². The molecule has 2 rings (SSSR count). The minimum Gasteiger partial charge on any atom is -0.248 e. The van der Waals surface area contributed by atoms with E-state index < -0.39 is 0 Å². The van der Waals surface area contributed by atoms with Crippen molar-refractivity contribution in [2.75, 3.05) is 0 Å². The number of aromatic nitrogens is 3. The molecule has 0 aliphatic heterocycles. The molecule has 3 heteroatoms. The molecule has 3 nitrogen and oxygen atoms in total. The zero-order valence-electron chi connectivity index (χ0n) is 7.51. The first kappa shape index (κ1) is 7.98. The van der Waals surface area contributed by atoms with Crippen LogP contribution in [0.15, 0.2) is 36.7 Å². The van der Waals surface area contributed by atoms with Gasteiger partial charge in [-0.05, 0) is 18.1 Å². The van der Waals surface area contributed by atoms with Crippen molar-refractivity contribution in [2.24, 2.45) is 0 Å². The second-order valence-electron chi connectivity index (χ2n) is 3.03. The summed E-state index contributed by atoms with van der Waals surface area (Å²) in [6.45, 7) is 2.90. The Balaban J connectivity index is 2.24. The van der Waals surface area contributed by atoms with E-state index in [1.807, 2.05) is 23.0 Å². The summed E-state index contributed by atoms with van der Waals surface area (Å²) in [6.07, 6.45) is 3.56. The van der Waals surface area contributed by atoms with Gasteiger partial charge >= 0.3 is 0 Å². The summed E-state index contributed by atoms with van der Waals surface area (Å²) in [6, 6.07) is 8.29. The van der Waals surface area contributed by atoms with Gasteiger partial charge in [-0.1, -0.05) is 29.5 Å². The Bertz CT molecular complexity index is 379. The quantitative estimate of drug-likeness (QED) is 0.691. The SMILES string of the molecule is Cc1ccccc1Cn1ccnn1. The zero-order chi connectivity index (χ0) is 9.10. The molecule has 0 radical (unpaired) electrons. The predicted molar refractivity (Wildman–Crippen MR) is 50.3 cm³/mol. The number of hydrogen-bond donors (Lipinski definition) is 0. The summed E-state index contributed by atoms with van der Waals surface area (Å²) in [4.78, 5) is 0. The van der Waals surface area contributed by atoms with Crippen molar-refractivity contribution in [1.82, 2.24) is 15.0 Å². The Labute approximate surface area is 77.0 Å². The van der Waals surface area contributed by atoms with Crippen LogP contribution < -0.4 is 0 Å². The minimum atomic E-state index is 0.798. The Kier molecular flexibility index (Phi) is 2.08. The van der Waals surface area contributed by atoms with E-state index in [1.165, 1.54) is 11.1 Å². The fourth-order valence-corrected chi connectivity index (χ4v) is 1.28. The van der Waals surface area contributed by atoms with Crippen LogP contribution in [-0.2, 0) is 6.54 Å². The smallest absolute Gasteiger partial charge is 0.0693 e. The van der Waals surface area contributed by atoms with Crippen molar-refractivity contribution < 1.29 is 0 Å². The molecule has 0 aliphatic carbocycles. The number of benzene rings is 1. The molecule has 0 amide bonds. The van der Waals surface area contributed by atoms with E-state index in [9.17, 15) is 0 Å². The van der Waals surface area contributed by atoms with E-state index in [0.717, 1.165) is 6.54 Å². The molecule has 0 atom stereocenters.